The van der Waals surface area contributed by atoms with Gasteiger partial charge in [0.25, 0.3) is 0 Å². The highest BCUT2D eigenvalue weighted by Gasteiger charge is 2.83. The summed E-state index contributed by atoms with van der Waals surface area (Å²) >= 11 is 0. The van der Waals surface area contributed by atoms with E-state index in [1.807, 2.05) is 0 Å². The van der Waals surface area contributed by atoms with Gasteiger partial charge in [0, 0.05) is 0 Å². The monoisotopic (exact) mass is 378 g/mol. The van der Waals surface area contributed by atoms with E-state index in [2.05, 4.69) is 0 Å². The lowest BCUT2D eigenvalue weighted by Gasteiger charge is -2.85. The Labute approximate surface area is 168 Å². The van der Waals surface area contributed by atoms with E-state index in [9.17, 15) is 0 Å². The van der Waals surface area contributed by atoms with Gasteiger partial charge in [-0.25, -0.2) is 0 Å². The van der Waals surface area contributed by atoms with Gasteiger partial charge in [-0.1, -0.05) is 0 Å². The molecule has 0 aromatic rings. The van der Waals surface area contributed by atoms with Crippen LogP contribution in [0.2, 0.25) is 0 Å². The summed E-state index contributed by atoms with van der Waals surface area (Å²) in [5.74, 6) is 10.2. The molecule has 0 radical (unpaired) electrons. The highest BCUT2D eigenvalue weighted by molar-refractivity contribution is 5.30. The summed E-state index contributed by atoms with van der Waals surface area (Å²) in [6.45, 7) is 0. The van der Waals surface area contributed by atoms with Crippen molar-refractivity contribution >= 4 is 0 Å². The van der Waals surface area contributed by atoms with Crippen molar-refractivity contribution in [1.82, 2.24) is 0 Å². The number of hydrogen-bond donors (Lipinski definition) is 0. The fourth-order valence-electron chi connectivity index (χ4n) is 14.1. The predicted molar refractivity (Wildman–Crippen MR) is 103 cm³/mol. The van der Waals surface area contributed by atoms with E-state index in [-0.39, 0.29) is 0 Å². The first-order valence-corrected chi connectivity index (χ1v) is 13.1. The third-order valence-electron chi connectivity index (χ3n) is 13.7. The quantitative estimate of drug-likeness (QED) is 0.660. The van der Waals surface area contributed by atoms with Gasteiger partial charge in [-0.2, -0.15) is 0 Å². The average Bonchev–Trinajstić information content (AvgIpc) is 2.74. The molecule has 0 spiro atoms. The van der Waals surface area contributed by atoms with E-state index in [4.69, 9.17) is 9.47 Å². The zero-order valence-corrected chi connectivity index (χ0v) is 17.0. The molecule has 0 aromatic carbocycles. The van der Waals surface area contributed by atoms with E-state index in [0.717, 1.165) is 59.2 Å². The summed E-state index contributed by atoms with van der Waals surface area (Å²) in [5.41, 5.74) is 1.36. The Morgan fingerprint density at radius 1 is 0.464 bits per heavy atom. The molecule has 150 valence electrons. The Morgan fingerprint density at radius 2 is 0.929 bits per heavy atom. The highest BCUT2D eigenvalue weighted by atomic mass is 16.5. The van der Waals surface area contributed by atoms with Gasteiger partial charge in [0.1, 0.15) is 0 Å². The number of hydrogen-bond acceptors (Lipinski definition) is 2. The average molecular weight is 379 g/mol. The second kappa shape index (κ2) is 4.16. The molecule has 0 amide bonds. The third kappa shape index (κ3) is 1.22. The smallest absolute Gasteiger partial charge is 0.0643 e. The van der Waals surface area contributed by atoms with Crippen LogP contribution in [0.1, 0.15) is 64.2 Å². The van der Waals surface area contributed by atoms with Crippen LogP contribution in [0.15, 0.2) is 0 Å². The van der Waals surface area contributed by atoms with Crippen molar-refractivity contribution < 1.29 is 9.47 Å². The van der Waals surface area contributed by atoms with Crippen LogP contribution in [0.4, 0.5) is 0 Å². The number of rotatable bonds is 1. The maximum absolute atomic E-state index is 6.87. The van der Waals surface area contributed by atoms with Crippen molar-refractivity contribution in [2.75, 3.05) is 0 Å². The van der Waals surface area contributed by atoms with Crippen molar-refractivity contribution in [2.45, 2.75) is 88.6 Å². The van der Waals surface area contributed by atoms with Gasteiger partial charge in [0.2, 0.25) is 0 Å². The van der Waals surface area contributed by atoms with Gasteiger partial charge in [0.05, 0.1) is 24.4 Å². The molecule has 10 saturated carbocycles. The molecule has 16 atom stereocenters. The van der Waals surface area contributed by atoms with E-state index in [0.29, 0.717) is 35.2 Å². The Morgan fingerprint density at radius 3 is 1.43 bits per heavy atom. The van der Waals surface area contributed by atoms with Crippen molar-refractivity contribution in [1.29, 1.82) is 0 Å². The Bertz CT molecular complexity index is 690. The van der Waals surface area contributed by atoms with Crippen LogP contribution in [-0.2, 0) is 9.47 Å². The van der Waals surface area contributed by atoms with E-state index in [1.54, 1.807) is 25.7 Å². The van der Waals surface area contributed by atoms with Gasteiger partial charge in [0.15, 0.2) is 0 Å². The van der Waals surface area contributed by atoms with Crippen LogP contribution in [0, 0.1) is 70.0 Å². The fourth-order valence-corrected chi connectivity index (χ4v) is 14.1. The molecular formula is C26H34O2. The van der Waals surface area contributed by atoms with Gasteiger partial charge in [-0.3, -0.25) is 0 Å². The maximum atomic E-state index is 6.87. The molecule has 16 bridgehead atoms. The van der Waals surface area contributed by atoms with Crippen LogP contribution in [0.3, 0.4) is 0 Å². The third-order valence-corrected chi connectivity index (χ3v) is 13.7. The summed E-state index contributed by atoms with van der Waals surface area (Å²) in [4.78, 5) is 0. The van der Waals surface area contributed by atoms with E-state index < -0.39 is 0 Å². The lowest BCUT2D eigenvalue weighted by atomic mass is 9.23. The Kier molecular flexibility index (Phi) is 2.21. The minimum absolute atomic E-state index is 0.637. The van der Waals surface area contributed by atoms with Gasteiger partial charge in [-0.05, 0) is 134 Å². The molecule has 28 heavy (non-hydrogen) atoms. The molecule has 2 nitrogen and oxygen atoms in total. The molecule has 14 fully saturated rings. The van der Waals surface area contributed by atoms with Crippen molar-refractivity contribution in [3.05, 3.63) is 0 Å². The standard InChI is InChI=1S/C26H34O2/c1-11-3-19-15-7-13-9-25(19,21(5-11)23(27-13)17(1)15)26-10-14-8-16-18-2-12(4-20(16)26)6-22(26)24(18)28-14/h11-24H,1-10H2/t11-,12-,13+,14+,15+,16+,17+,18+,19-,20-,21+,22+,23-,24-,25-,26-/m0/s1. The van der Waals surface area contributed by atoms with Crippen LogP contribution in [-0.4, -0.2) is 24.4 Å². The minimum atomic E-state index is 0.637. The van der Waals surface area contributed by atoms with E-state index in [1.165, 1.54) is 38.5 Å². The largest absolute Gasteiger partial charge is 0.374 e. The zero-order valence-electron chi connectivity index (χ0n) is 17.0. The molecule has 0 aromatic heterocycles. The molecule has 2 heteroatoms. The van der Waals surface area contributed by atoms with Crippen LogP contribution in [0.5, 0.6) is 0 Å². The number of ether oxygens (including phenoxy) is 2. The zero-order chi connectivity index (χ0) is 17.6. The summed E-state index contributed by atoms with van der Waals surface area (Å²) in [5, 5.41) is 0. The molecule has 0 unspecified atom stereocenters. The summed E-state index contributed by atoms with van der Waals surface area (Å²) in [6.07, 6.45) is 17.9. The topological polar surface area (TPSA) is 18.5 Å². The molecule has 4 saturated heterocycles. The highest BCUT2D eigenvalue weighted by Crippen LogP contribution is 2.85. The second-order valence-electron chi connectivity index (χ2n) is 13.6. The minimum Gasteiger partial charge on any atom is -0.374 e. The normalized spacial score (nSPS) is 78.0. The van der Waals surface area contributed by atoms with Crippen LogP contribution >= 0.6 is 0 Å². The summed E-state index contributed by atoms with van der Waals surface area (Å²) < 4.78 is 13.7. The first-order chi connectivity index (χ1) is 13.8. The Balaban J connectivity index is 1.25. The second-order valence-corrected chi connectivity index (χ2v) is 13.6. The van der Waals surface area contributed by atoms with Crippen molar-refractivity contribution in [3.8, 4) is 0 Å². The van der Waals surface area contributed by atoms with Gasteiger partial charge in [-0.15, -0.1) is 0 Å². The lowest BCUT2D eigenvalue weighted by molar-refractivity contribution is -0.423. The predicted octanol–water partition coefficient (Wildman–Crippen LogP) is 4.67. The maximum Gasteiger partial charge on any atom is 0.0643 e. The molecule has 14 aliphatic rings. The van der Waals surface area contributed by atoms with Gasteiger partial charge < -0.3 is 9.47 Å². The van der Waals surface area contributed by atoms with Crippen LogP contribution < -0.4 is 0 Å². The van der Waals surface area contributed by atoms with Crippen molar-refractivity contribution in [2.24, 2.45) is 70.0 Å². The first kappa shape index (κ1) is 14.8. The lowest BCUT2D eigenvalue weighted by Crippen LogP contribution is -2.83. The summed E-state index contributed by atoms with van der Waals surface area (Å²) in [6, 6.07) is 0. The molecule has 0 N–H and O–H groups in total. The molecule has 10 aliphatic carbocycles. The van der Waals surface area contributed by atoms with Crippen molar-refractivity contribution in [3.63, 3.8) is 0 Å². The SMILES string of the molecule is C1[C@@H]2C[C@@H]3[C@H]4O[C@@H]5C[C@H]([C@@H]14)[C@H](C2)[C@@]3([C@]12C[C@H]3C[C@@H]4[C@H]6C[C@H](C[C@@H]1[C@H]6O3)C[C@@H]42)C5. The van der Waals surface area contributed by atoms with Crippen LogP contribution in [0.25, 0.3) is 0 Å². The molecule has 14 rings (SSSR count). The molecule has 4 aliphatic heterocycles. The first-order valence-electron chi connectivity index (χ1n) is 13.1. The van der Waals surface area contributed by atoms with Gasteiger partial charge >= 0.3 is 0 Å². The fraction of sp³-hybridized carbons (Fsp3) is 1.00. The molecule has 4 heterocycles. The summed E-state index contributed by atoms with van der Waals surface area (Å²) in [7, 11) is 0. The van der Waals surface area contributed by atoms with E-state index >= 15 is 0 Å². The Hall–Kier alpha value is -0.0800. The molecular weight excluding hydrogens is 344 g/mol.